The summed E-state index contributed by atoms with van der Waals surface area (Å²) in [5, 5.41) is 8.47. The molecule has 2 amide bonds. The van der Waals surface area contributed by atoms with Gasteiger partial charge in [0.05, 0.1) is 5.69 Å². The third-order valence-electron chi connectivity index (χ3n) is 11.8. The van der Waals surface area contributed by atoms with Gasteiger partial charge in [0.25, 0.3) is 5.88 Å². The van der Waals surface area contributed by atoms with Crippen molar-refractivity contribution < 1.29 is 13.9 Å². The van der Waals surface area contributed by atoms with Crippen molar-refractivity contribution in [3.63, 3.8) is 0 Å². The van der Waals surface area contributed by atoms with E-state index in [1.165, 1.54) is 31.3 Å². The quantitative estimate of drug-likeness (QED) is 0.296. The highest BCUT2D eigenvalue weighted by atomic mass is 19.1. The standard InChI is InChI=1S/C38H50FN9O2/c1-25(2)34(27-18-29(19-27)45-14-16-46(17-15-45)37(49)44(3)4)48-22-38(23-48)11-13-47(21-38)35-36(43-42-24-41-35)50-32-10-9-28(39)20-31(32)30-6-5-12-40-33(30)26-7-8-26/h5-6,9-10,12,20,24-27,29,34H,7-8,11,13-19,21-23H2,1-4H3/t27?,29?,34-/m0/s1. The number of ether oxygens (including phenoxy) is 1. The summed E-state index contributed by atoms with van der Waals surface area (Å²) in [4.78, 5) is 33.0. The zero-order chi connectivity index (χ0) is 34.6. The van der Waals surface area contributed by atoms with E-state index in [4.69, 9.17) is 4.74 Å². The normalized spacial score (nSPS) is 24.3. The van der Waals surface area contributed by atoms with Crippen LogP contribution in [0.3, 0.4) is 0 Å². The minimum absolute atomic E-state index is 0.123. The zero-order valence-electron chi connectivity index (χ0n) is 29.8. The average Bonchev–Trinajstić information content (AvgIpc) is 3.84. The highest BCUT2D eigenvalue weighted by molar-refractivity contribution is 5.74. The number of hydrogen-bond acceptors (Lipinski definition) is 9. The Morgan fingerprint density at radius 1 is 1.00 bits per heavy atom. The summed E-state index contributed by atoms with van der Waals surface area (Å²) in [6.07, 6.45) is 9.09. The highest BCUT2D eigenvalue weighted by Gasteiger charge is 2.53. The van der Waals surface area contributed by atoms with Gasteiger partial charge < -0.3 is 19.4 Å². The lowest BCUT2D eigenvalue weighted by Gasteiger charge is -2.58. The molecule has 3 aliphatic heterocycles. The van der Waals surface area contributed by atoms with Crippen LogP contribution in [0.15, 0.2) is 42.9 Å². The van der Waals surface area contributed by atoms with Crippen molar-refractivity contribution in [1.29, 1.82) is 0 Å². The smallest absolute Gasteiger partial charge is 0.319 e. The Bertz CT molecular complexity index is 1700. The second kappa shape index (κ2) is 13.3. The van der Waals surface area contributed by atoms with Crippen molar-refractivity contribution in [2.75, 3.05) is 71.4 Å². The molecule has 0 unspecified atom stereocenters. The Morgan fingerprint density at radius 3 is 2.50 bits per heavy atom. The molecule has 1 atom stereocenters. The molecule has 2 aromatic heterocycles. The number of benzene rings is 1. The number of likely N-dealkylation sites (tertiary alicyclic amines) is 1. The van der Waals surface area contributed by atoms with Crippen LogP contribution in [0.5, 0.6) is 11.6 Å². The van der Waals surface area contributed by atoms with E-state index in [-0.39, 0.29) is 17.3 Å². The first-order valence-electron chi connectivity index (χ1n) is 18.5. The van der Waals surface area contributed by atoms with Gasteiger partial charge in [0, 0.05) is 107 Å². The number of halogens is 1. The van der Waals surface area contributed by atoms with E-state index in [1.54, 1.807) is 17.2 Å². The third kappa shape index (κ3) is 6.40. The number of amides is 2. The summed E-state index contributed by atoms with van der Waals surface area (Å²) >= 11 is 0. The van der Waals surface area contributed by atoms with E-state index in [9.17, 15) is 9.18 Å². The van der Waals surface area contributed by atoms with Gasteiger partial charge in [-0.3, -0.25) is 14.8 Å². The minimum Gasteiger partial charge on any atom is -0.434 e. The van der Waals surface area contributed by atoms with Gasteiger partial charge >= 0.3 is 6.03 Å². The van der Waals surface area contributed by atoms with E-state index in [0.29, 0.717) is 52.8 Å². The van der Waals surface area contributed by atoms with Crippen LogP contribution in [0.2, 0.25) is 0 Å². The molecule has 3 aromatic rings. The molecule has 5 aliphatic rings. The van der Waals surface area contributed by atoms with Gasteiger partial charge in [-0.05, 0) is 68.2 Å². The number of urea groups is 1. The van der Waals surface area contributed by atoms with Crippen molar-refractivity contribution in [1.82, 2.24) is 39.8 Å². The highest BCUT2D eigenvalue weighted by Crippen LogP contribution is 2.49. The SMILES string of the molecule is CC(C)[C@@H](C1CC(N2CCN(C(=O)N(C)C)CC2)C1)N1CC2(CCN(c3ncnnc3Oc3ccc(F)cc3-c3cccnc3C3CC3)C2)C1. The van der Waals surface area contributed by atoms with Crippen LogP contribution in [-0.4, -0.2) is 124 Å². The lowest BCUT2D eigenvalue weighted by molar-refractivity contribution is -0.0826. The molecule has 2 saturated carbocycles. The number of carbonyl (C=O) groups is 1. The molecule has 5 heterocycles. The van der Waals surface area contributed by atoms with Crippen LogP contribution in [0.4, 0.5) is 15.0 Å². The number of piperazine rings is 1. The van der Waals surface area contributed by atoms with Crippen LogP contribution < -0.4 is 9.64 Å². The molecule has 11 nitrogen and oxygen atoms in total. The summed E-state index contributed by atoms with van der Waals surface area (Å²) < 4.78 is 21.1. The minimum atomic E-state index is -0.320. The number of anilines is 1. The third-order valence-corrected chi connectivity index (χ3v) is 11.8. The van der Waals surface area contributed by atoms with E-state index >= 15 is 0 Å². The monoisotopic (exact) mass is 683 g/mol. The van der Waals surface area contributed by atoms with Crippen molar-refractivity contribution in [2.24, 2.45) is 17.3 Å². The van der Waals surface area contributed by atoms with Gasteiger partial charge in [0.1, 0.15) is 17.9 Å². The second-order valence-electron chi connectivity index (χ2n) is 15.9. The van der Waals surface area contributed by atoms with Gasteiger partial charge in [-0.1, -0.05) is 19.9 Å². The summed E-state index contributed by atoms with van der Waals surface area (Å²) in [6, 6.07) is 9.86. The molecule has 12 heteroatoms. The Balaban J connectivity index is 0.903. The molecule has 1 spiro atoms. The Kier molecular flexibility index (Phi) is 8.87. The maximum absolute atomic E-state index is 14.6. The fraction of sp³-hybridized carbons (Fsp3) is 0.605. The Hall–Kier alpha value is -3.90. The van der Waals surface area contributed by atoms with Crippen molar-refractivity contribution in [3.05, 3.63) is 54.4 Å². The number of hydrogen-bond donors (Lipinski definition) is 0. The van der Waals surface area contributed by atoms with E-state index in [2.05, 4.69) is 48.7 Å². The zero-order valence-corrected chi connectivity index (χ0v) is 29.8. The lowest BCUT2D eigenvalue weighted by Crippen LogP contribution is -2.66. The molecular formula is C38H50FN9O2. The fourth-order valence-electron chi connectivity index (χ4n) is 9.21. The predicted molar refractivity (Wildman–Crippen MR) is 190 cm³/mol. The van der Waals surface area contributed by atoms with Gasteiger partial charge in [0.2, 0.25) is 0 Å². The first-order chi connectivity index (χ1) is 24.2. The molecule has 1 aromatic carbocycles. The van der Waals surface area contributed by atoms with Gasteiger partial charge in [-0.2, -0.15) is 0 Å². The molecule has 50 heavy (non-hydrogen) atoms. The lowest BCUT2D eigenvalue weighted by atomic mass is 9.68. The Labute approximate surface area is 294 Å². The molecule has 0 radical (unpaired) electrons. The van der Waals surface area contributed by atoms with Crippen molar-refractivity contribution in [3.8, 4) is 22.8 Å². The number of carbonyl (C=O) groups excluding carboxylic acids is 1. The number of pyridine rings is 1. The van der Waals surface area contributed by atoms with E-state index in [0.717, 1.165) is 82.9 Å². The van der Waals surface area contributed by atoms with E-state index in [1.807, 2.05) is 31.1 Å². The Morgan fingerprint density at radius 2 is 1.78 bits per heavy atom. The van der Waals surface area contributed by atoms with Crippen molar-refractivity contribution in [2.45, 2.75) is 64.0 Å². The predicted octanol–water partition coefficient (Wildman–Crippen LogP) is 5.36. The topological polar surface area (TPSA) is 94.1 Å². The van der Waals surface area contributed by atoms with Crippen LogP contribution >= 0.6 is 0 Å². The largest absolute Gasteiger partial charge is 0.434 e. The molecule has 3 saturated heterocycles. The maximum Gasteiger partial charge on any atom is 0.319 e. The number of nitrogens with zero attached hydrogens (tertiary/aromatic N) is 9. The summed E-state index contributed by atoms with van der Waals surface area (Å²) in [6.45, 7) is 12.3. The van der Waals surface area contributed by atoms with Crippen LogP contribution in [0.1, 0.15) is 57.6 Å². The molecule has 5 fully saturated rings. The summed E-state index contributed by atoms with van der Waals surface area (Å²) in [7, 11) is 3.66. The maximum atomic E-state index is 14.6. The van der Waals surface area contributed by atoms with Crippen molar-refractivity contribution >= 4 is 11.8 Å². The summed E-state index contributed by atoms with van der Waals surface area (Å²) in [5.41, 5.74) is 2.78. The molecule has 0 bridgehead atoms. The van der Waals surface area contributed by atoms with Gasteiger partial charge in [0.15, 0.2) is 5.82 Å². The van der Waals surface area contributed by atoms with Crippen LogP contribution in [0, 0.1) is 23.1 Å². The molecule has 0 N–H and O–H groups in total. The molecular weight excluding hydrogens is 633 g/mol. The van der Waals surface area contributed by atoms with Crippen LogP contribution in [0.25, 0.3) is 11.1 Å². The van der Waals surface area contributed by atoms with Crippen LogP contribution in [-0.2, 0) is 0 Å². The second-order valence-corrected chi connectivity index (χ2v) is 15.9. The number of aromatic nitrogens is 4. The average molecular weight is 684 g/mol. The van der Waals surface area contributed by atoms with Gasteiger partial charge in [-0.15, -0.1) is 10.2 Å². The summed E-state index contributed by atoms with van der Waals surface area (Å²) in [5.74, 6) is 2.96. The number of rotatable bonds is 9. The van der Waals surface area contributed by atoms with Gasteiger partial charge in [-0.25, -0.2) is 14.2 Å². The molecule has 2 aliphatic carbocycles. The first-order valence-corrected chi connectivity index (χ1v) is 18.5. The fourth-order valence-corrected chi connectivity index (χ4v) is 9.21. The molecule has 266 valence electrons. The first kappa shape index (κ1) is 33.3. The molecule has 8 rings (SSSR count). The van der Waals surface area contributed by atoms with E-state index < -0.39 is 0 Å².